The monoisotopic (exact) mass is 363 g/mol. The quantitative estimate of drug-likeness (QED) is 0.780. The Balaban J connectivity index is 2.08. The number of halogens is 1. The van der Waals surface area contributed by atoms with Crippen LogP contribution in [0.1, 0.15) is 50.7 Å². The maximum absolute atomic E-state index is 12.1. The first-order valence-corrected chi connectivity index (χ1v) is 9.56. The summed E-state index contributed by atoms with van der Waals surface area (Å²) in [6.07, 6.45) is 5.23. The molecule has 1 saturated heterocycles. The Morgan fingerprint density at radius 2 is 2.20 bits per heavy atom. The molecule has 1 aliphatic rings. The summed E-state index contributed by atoms with van der Waals surface area (Å²) in [4.78, 5) is 14.4. The molecule has 0 amide bonds. The Hall–Kier alpha value is -1.52. The molecule has 1 aromatic carbocycles. The van der Waals surface area contributed by atoms with Gasteiger partial charge < -0.3 is 9.52 Å². The normalized spacial score (nSPS) is 18.8. The van der Waals surface area contributed by atoms with E-state index >= 15 is 0 Å². The lowest BCUT2D eigenvalue weighted by Crippen LogP contribution is -2.33. The topological polar surface area (TPSA) is 53.7 Å². The molecule has 0 saturated carbocycles. The number of unbranched alkanes of at least 4 members (excludes halogenated alkanes) is 1. The summed E-state index contributed by atoms with van der Waals surface area (Å²) in [5.74, 6) is 0.664. The standard InChI is InChI=1S/C20H26ClNO3/c1-3-4-7-14-9-18(23)25-20-15(14)10-17(21)19(24)16(20)12-22-8-5-6-13(2)11-22/h9-10,13,24H,3-8,11-12H2,1-2H3/t13-/m1/s1. The van der Waals surface area contributed by atoms with E-state index in [1.807, 2.05) is 0 Å². The Bertz CT molecular complexity index is 815. The van der Waals surface area contributed by atoms with Crippen molar-refractivity contribution in [3.63, 3.8) is 0 Å². The molecule has 0 unspecified atom stereocenters. The van der Waals surface area contributed by atoms with Crippen LogP contribution in [0.15, 0.2) is 21.3 Å². The maximum Gasteiger partial charge on any atom is 0.336 e. The second-order valence-electron chi connectivity index (χ2n) is 7.24. The van der Waals surface area contributed by atoms with Gasteiger partial charge in [0.1, 0.15) is 11.3 Å². The van der Waals surface area contributed by atoms with Crippen molar-refractivity contribution < 1.29 is 9.52 Å². The number of piperidine rings is 1. The smallest absolute Gasteiger partial charge is 0.336 e. The van der Waals surface area contributed by atoms with Crippen molar-refractivity contribution in [2.45, 2.75) is 52.5 Å². The Morgan fingerprint density at radius 3 is 2.92 bits per heavy atom. The summed E-state index contributed by atoms with van der Waals surface area (Å²) >= 11 is 6.30. The van der Waals surface area contributed by atoms with Crippen LogP contribution in [0, 0.1) is 5.92 Å². The Labute approximate surface area is 153 Å². The highest BCUT2D eigenvalue weighted by Gasteiger charge is 2.22. The molecule has 0 spiro atoms. The SMILES string of the molecule is CCCCc1cc(=O)oc2c(CN3CCC[C@@H](C)C3)c(O)c(Cl)cc12. The predicted molar refractivity (Wildman–Crippen MR) is 101 cm³/mol. The van der Waals surface area contributed by atoms with Gasteiger partial charge in [0, 0.05) is 24.5 Å². The molecule has 1 atom stereocenters. The van der Waals surface area contributed by atoms with Crippen LogP contribution in [0.3, 0.4) is 0 Å². The van der Waals surface area contributed by atoms with E-state index in [1.54, 1.807) is 12.1 Å². The van der Waals surface area contributed by atoms with E-state index in [1.165, 1.54) is 6.42 Å². The van der Waals surface area contributed by atoms with Gasteiger partial charge in [-0.05, 0) is 49.8 Å². The van der Waals surface area contributed by atoms with E-state index in [2.05, 4.69) is 18.7 Å². The van der Waals surface area contributed by atoms with E-state index in [0.717, 1.165) is 49.7 Å². The maximum atomic E-state index is 12.1. The summed E-state index contributed by atoms with van der Waals surface area (Å²) in [6, 6.07) is 3.28. The molecule has 0 radical (unpaired) electrons. The van der Waals surface area contributed by atoms with E-state index in [-0.39, 0.29) is 11.4 Å². The van der Waals surface area contributed by atoms with Crippen molar-refractivity contribution in [2.24, 2.45) is 5.92 Å². The molecule has 1 N–H and O–H groups in total. The molecule has 2 heterocycles. The summed E-state index contributed by atoms with van der Waals surface area (Å²) in [5, 5.41) is 11.7. The lowest BCUT2D eigenvalue weighted by Gasteiger charge is -2.31. The number of aryl methyl sites for hydroxylation is 1. The summed E-state index contributed by atoms with van der Waals surface area (Å²) < 4.78 is 5.52. The third kappa shape index (κ3) is 4.01. The van der Waals surface area contributed by atoms with E-state index < -0.39 is 0 Å². The molecule has 0 bridgehead atoms. The van der Waals surface area contributed by atoms with Gasteiger partial charge in [-0.2, -0.15) is 0 Å². The van der Waals surface area contributed by atoms with Gasteiger partial charge in [-0.1, -0.05) is 31.9 Å². The minimum Gasteiger partial charge on any atom is -0.506 e. The molecule has 25 heavy (non-hydrogen) atoms. The third-order valence-electron chi connectivity index (χ3n) is 5.07. The molecule has 2 aromatic rings. The van der Waals surface area contributed by atoms with Crippen LogP contribution >= 0.6 is 11.6 Å². The lowest BCUT2D eigenvalue weighted by atomic mass is 9.98. The second kappa shape index (κ2) is 7.79. The van der Waals surface area contributed by atoms with Gasteiger partial charge in [-0.3, -0.25) is 4.90 Å². The average Bonchev–Trinajstić information content (AvgIpc) is 2.58. The van der Waals surface area contributed by atoms with Crippen molar-refractivity contribution in [3.8, 4) is 5.75 Å². The number of hydrogen-bond acceptors (Lipinski definition) is 4. The van der Waals surface area contributed by atoms with Crippen LogP contribution in [0.25, 0.3) is 11.0 Å². The number of hydrogen-bond donors (Lipinski definition) is 1. The zero-order valence-corrected chi connectivity index (χ0v) is 15.7. The van der Waals surface area contributed by atoms with Crippen LogP contribution in [-0.2, 0) is 13.0 Å². The molecule has 4 nitrogen and oxygen atoms in total. The van der Waals surface area contributed by atoms with Crippen LogP contribution in [0.4, 0.5) is 0 Å². The summed E-state index contributed by atoms with van der Waals surface area (Å²) in [7, 11) is 0. The van der Waals surface area contributed by atoms with Crippen LogP contribution in [0.5, 0.6) is 5.75 Å². The summed E-state index contributed by atoms with van der Waals surface area (Å²) in [6.45, 7) is 6.87. The number of fused-ring (bicyclic) bond motifs is 1. The van der Waals surface area contributed by atoms with Crippen molar-refractivity contribution >= 4 is 22.6 Å². The van der Waals surface area contributed by atoms with Gasteiger partial charge in [-0.15, -0.1) is 0 Å². The molecular formula is C20H26ClNO3. The van der Waals surface area contributed by atoms with Crippen molar-refractivity contribution in [1.29, 1.82) is 0 Å². The minimum absolute atomic E-state index is 0.0307. The average molecular weight is 364 g/mol. The van der Waals surface area contributed by atoms with Crippen molar-refractivity contribution in [1.82, 2.24) is 4.90 Å². The minimum atomic E-state index is -0.367. The fourth-order valence-corrected chi connectivity index (χ4v) is 3.98. The number of rotatable bonds is 5. The Morgan fingerprint density at radius 1 is 1.40 bits per heavy atom. The van der Waals surface area contributed by atoms with Gasteiger partial charge in [-0.25, -0.2) is 4.79 Å². The fraction of sp³-hybridized carbons (Fsp3) is 0.550. The molecule has 136 valence electrons. The largest absolute Gasteiger partial charge is 0.506 e. The van der Waals surface area contributed by atoms with Crippen molar-refractivity contribution in [3.05, 3.63) is 38.7 Å². The molecule has 0 aliphatic carbocycles. The lowest BCUT2D eigenvalue weighted by molar-refractivity contribution is 0.175. The van der Waals surface area contributed by atoms with Gasteiger partial charge in [0.25, 0.3) is 0 Å². The van der Waals surface area contributed by atoms with Crippen LogP contribution in [0.2, 0.25) is 5.02 Å². The zero-order chi connectivity index (χ0) is 18.0. The van der Waals surface area contributed by atoms with Crippen LogP contribution < -0.4 is 5.63 Å². The number of aromatic hydroxyl groups is 1. The fourth-order valence-electron chi connectivity index (χ4n) is 3.75. The summed E-state index contributed by atoms with van der Waals surface area (Å²) in [5.41, 5.74) is 1.70. The molecule has 1 fully saturated rings. The zero-order valence-electron chi connectivity index (χ0n) is 15.0. The van der Waals surface area contributed by atoms with Gasteiger partial charge in [0.15, 0.2) is 0 Å². The number of phenolic OH excluding ortho intramolecular Hbond substituents is 1. The van der Waals surface area contributed by atoms with Gasteiger partial charge in [0.05, 0.1) is 10.6 Å². The first-order chi connectivity index (χ1) is 12.0. The highest BCUT2D eigenvalue weighted by atomic mass is 35.5. The Kier molecular flexibility index (Phi) is 5.70. The van der Waals surface area contributed by atoms with Gasteiger partial charge in [0.2, 0.25) is 0 Å². The van der Waals surface area contributed by atoms with E-state index in [4.69, 9.17) is 16.0 Å². The highest BCUT2D eigenvalue weighted by molar-refractivity contribution is 6.33. The molecule has 1 aromatic heterocycles. The number of phenols is 1. The number of benzene rings is 1. The van der Waals surface area contributed by atoms with E-state index in [0.29, 0.717) is 28.6 Å². The first-order valence-electron chi connectivity index (χ1n) is 9.19. The first kappa shape index (κ1) is 18.3. The molecule has 1 aliphatic heterocycles. The highest BCUT2D eigenvalue weighted by Crippen LogP contribution is 2.37. The third-order valence-corrected chi connectivity index (χ3v) is 5.35. The number of likely N-dealkylation sites (tertiary alicyclic amines) is 1. The molecule has 5 heteroatoms. The number of nitrogens with zero attached hydrogens (tertiary/aromatic N) is 1. The predicted octanol–water partition coefficient (Wildman–Crippen LogP) is 4.73. The second-order valence-corrected chi connectivity index (χ2v) is 7.65. The van der Waals surface area contributed by atoms with Gasteiger partial charge >= 0.3 is 5.63 Å². The molecule has 3 rings (SSSR count). The molecular weight excluding hydrogens is 338 g/mol. The van der Waals surface area contributed by atoms with E-state index in [9.17, 15) is 9.90 Å². The van der Waals surface area contributed by atoms with Crippen molar-refractivity contribution in [2.75, 3.05) is 13.1 Å². The van der Waals surface area contributed by atoms with Crippen LogP contribution in [-0.4, -0.2) is 23.1 Å².